The molecule has 4 heterocycles. The Morgan fingerprint density at radius 2 is 1.19 bits per heavy atom. The molecule has 6 aromatic rings. The number of ether oxygens (including phenoxy) is 4. The number of nitrogens with zero attached hydrogens (tertiary/aromatic N) is 5. The number of amides is 1. The molecule has 59 heavy (non-hydrogen) atoms. The molecule has 10 nitrogen and oxygen atoms in total. The van der Waals surface area contributed by atoms with Gasteiger partial charge in [-0.15, -0.1) is 0 Å². The molecule has 1 atom stereocenters. The van der Waals surface area contributed by atoms with Crippen molar-refractivity contribution in [2.45, 2.75) is 38.3 Å². The van der Waals surface area contributed by atoms with Crippen LogP contribution in [0.2, 0.25) is 0 Å². The van der Waals surface area contributed by atoms with Gasteiger partial charge in [0.15, 0.2) is 11.5 Å². The molecule has 9 rings (SSSR count). The molecule has 2 saturated heterocycles. The Hall–Kier alpha value is -5.84. The third-order valence-corrected chi connectivity index (χ3v) is 12.4. The predicted octanol–water partition coefficient (Wildman–Crippen LogP) is 8.95. The highest BCUT2D eigenvalue weighted by atomic mass is 16.5. The highest BCUT2D eigenvalue weighted by Gasteiger charge is 2.32. The number of carbonyl (C=O) groups excluding carboxylic acids is 1. The lowest BCUT2D eigenvalue weighted by Crippen LogP contribution is -2.47. The van der Waals surface area contributed by atoms with Gasteiger partial charge in [-0.2, -0.15) is 0 Å². The van der Waals surface area contributed by atoms with Gasteiger partial charge >= 0.3 is 0 Å². The normalized spacial score (nSPS) is 17.0. The highest BCUT2D eigenvalue weighted by molar-refractivity contribution is 6.10. The second-order valence-corrected chi connectivity index (χ2v) is 15.8. The molecular formula is C49H53N5O5. The fourth-order valence-electron chi connectivity index (χ4n) is 9.05. The molecule has 3 aliphatic rings. The Labute approximate surface area is 346 Å². The molecule has 0 saturated carbocycles. The summed E-state index contributed by atoms with van der Waals surface area (Å²) in [4.78, 5) is 25.0. The lowest BCUT2D eigenvalue weighted by Gasteiger charge is -2.34. The third-order valence-electron chi connectivity index (χ3n) is 12.4. The topological polar surface area (TPSA) is 81.0 Å². The van der Waals surface area contributed by atoms with Crippen LogP contribution in [0.15, 0.2) is 102 Å². The summed E-state index contributed by atoms with van der Waals surface area (Å²) >= 11 is 0. The van der Waals surface area contributed by atoms with Gasteiger partial charge in [-0.1, -0.05) is 36.4 Å². The van der Waals surface area contributed by atoms with E-state index in [4.69, 9.17) is 18.9 Å². The monoisotopic (exact) mass is 791 g/mol. The standard InChI is InChI=1S/C49H53N5O5/c1-56-39-14-8-34(9-15-39)36-12-18-45-41(29-36)42-30-37(35-10-16-40(57-2)17-11-35)13-19-46(42)54(45)23-5-20-51-24-26-52(27-25-51)21-6-28-59-48-32-44-43(31-47(48)58-3)49(55)53-22-4-7-38(53)33-50-44/h8-19,29-33,38H,4-7,20-28H2,1-3H3/t38-/m0/s1. The van der Waals surface area contributed by atoms with Crippen molar-refractivity contribution in [3.63, 3.8) is 0 Å². The Morgan fingerprint density at radius 1 is 0.610 bits per heavy atom. The molecule has 0 radical (unpaired) electrons. The van der Waals surface area contributed by atoms with Gasteiger partial charge in [0, 0.05) is 79.9 Å². The average Bonchev–Trinajstić information content (AvgIpc) is 3.86. The fourth-order valence-corrected chi connectivity index (χ4v) is 9.05. The minimum atomic E-state index is 0.0234. The van der Waals surface area contributed by atoms with Crippen LogP contribution in [-0.4, -0.2) is 111 Å². The summed E-state index contributed by atoms with van der Waals surface area (Å²) in [6, 6.07) is 34.1. The zero-order valence-corrected chi connectivity index (χ0v) is 34.4. The van der Waals surface area contributed by atoms with Crippen molar-refractivity contribution in [1.82, 2.24) is 19.3 Å². The zero-order valence-electron chi connectivity index (χ0n) is 34.4. The summed E-state index contributed by atoms with van der Waals surface area (Å²) in [5.74, 6) is 2.96. The molecule has 3 aliphatic heterocycles. The van der Waals surface area contributed by atoms with E-state index in [1.54, 1.807) is 27.4 Å². The van der Waals surface area contributed by atoms with Crippen molar-refractivity contribution >= 4 is 39.6 Å². The Bertz CT molecular complexity index is 2360. The van der Waals surface area contributed by atoms with Gasteiger partial charge in [-0.25, -0.2) is 0 Å². The highest BCUT2D eigenvalue weighted by Crippen LogP contribution is 2.39. The second kappa shape index (κ2) is 17.2. The maximum Gasteiger partial charge on any atom is 0.256 e. The predicted molar refractivity (Wildman–Crippen MR) is 236 cm³/mol. The first-order chi connectivity index (χ1) is 29.0. The number of hydrogen-bond acceptors (Lipinski definition) is 8. The van der Waals surface area contributed by atoms with E-state index in [2.05, 4.69) is 80.0 Å². The van der Waals surface area contributed by atoms with Crippen LogP contribution >= 0.6 is 0 Å². The fraction of sp³-hybridized carbons (Fsp3) is 0.347. The Balaban J connectivity index is 0.818. The van der Waals surface area contributed by atoms with Crippen molar-refractivity contribution in [2.24, 2.45) is 4.99 Å². The van der Waals surface area contributed by atoms with E-state index in [9.17, 15) is 4.79 Å². The van der Waals surface area contributed by atoms with E-state index in [0.717, 1.165) is 89.5 Å². The SMILES string of the molecule is COc1ccc(-c2ccc3c(c2)c2cc(-c4ccc(OC)cc4)ccc2n3CCCN2CCN(CCCOc3cc4c(cc3OC)C(=O)N3CCC[C@H]3C=N4)CC2)cc1. The Morgan fingerprint density at radius 3 is 1.76 bits per heavy atom. The number of benzene rings is 5. The van der Waals surface area contributed by atoms with E-state index >= 15 is 0 Å². The number of hydrogen-bond donors (Lipinski definition) is 0. The molecule has 0 bridgehead atoms. The molecular weight excluding hydrogens is 739 g/mol. The number of carbonyl (C=O) groups is 1. The maximum absolute atomic E-state index is 13.2. The van der Waals surface area contributed by atoms with Crippen LogP contribution in [0.3, 0.4) is 0 Å². The number of methoxy groups -OCH3 is 3. The number of aliphatic imine (C=N–C) groups is 1. The number of fused-ring (bicyclic) bond motifs is 5. The van der Waals surface area contributed by atoms with Gasteiger partial charge in [-0.3, -0.25) is 9.79 Å². The quantitative estimate of drug-likeness (QED) is 0.102. The van der Waals surface area contributed by atoms with Crippen molar-refractivity contribution in [3.05, 3.63) is 103 Å². The maximum atomic E-state index is 13.2. The molecule has 10 heteroatoms. The average molecular weight is 792 g/mol. The lowest BCUT2D eigenvalue weighted by atomic mass is 10.00. The number of piperazine rings is 1. The summed E-state index contributed by atoms with van der Waals surface area (Å²) in [7, 11) is 5.03. The van der Waals surface area contributed by atoms with E-state index in [1.165, 1.54) is 44.1 Å². The Kier molecular flexibility index (Phi) is 11.3. The second-order valence-electron chi connectivity index (χ2n) is 15.8. The van der Waals surface area contributed by atoms with Crippen LogP contribution in [0.25, 0.3) is 44.1 Å². The van der Waals surface area contributed by atoms with Crippen LogP contribution < -0.4 is 18.9 Å². The number of rotatable bonds is 14. The van der Waals surface area contributed by atoms with Gasteiger partial charge in [0.1, 0.15) is 11.5 Å². The van der Waals surface area contributed by atoms with Gasteiger partial charge in [0.05, 0.1) is 45.2 Å². The van der Waals surface area contributed by atoms with Gasteiger partial charge < -0.3 is 38.2 Å². The molecule has 0 N–H and O–H groups in total. The van der Waals surface area contributed by atoms with Crippen molar-refractivity contribution in [1.29, 1.82) is 0 Å². The summed E-state index contributed by atoms with van der Waals surface area (Å²) < 4.78 is 25.2. The third kappa shape index (κ3) is 7.99. The van der Waals surface area contributed by atoms with Crippen LogP contribution in [0, 0.1) is 0 Å². The van der Waals surface area contributed by atoms with E-state index in [-0.39, 0.29) is 11.9 Å². The van der Waals surface area contributed by atoms with E-state index < -0.39 is 0 Å². The zero-order chi connectivity index (χ0) is 40.3. The van der Waals surface area contributed by atoms with Gasteiger partial charge in [0.2, 0.25) is 0 Å². The minimum Gasteiger partial charge on any atom is -0.497 e. The molecule has 2 fully saturated rings. The van der Waals surface area contributed by atoms with E-state index in [1.807, 2.05) is 41.4 Å². The summed E-state index contributed by atoms with van der Waals surface area (Å²) in [5, 5.41) is 2.54. The molecule has 1 amide bonds. The first-order valence-electron chi connectivity index (χ1n) is 21.0. The van der Waals surface area contributed by atoms with Crippen LogP contribution in [0.4, 0.5) is 5.69 Å². The molecule has 5 aromatic carbocycles. The van der Waals surface area contributed by atoms with Crippen LogP contribution in [0.5, 0.6) is 23.0 Å². The largest absolute Gasteiger partial charge is 0.497 e. The number of aryl methyl sites for hydroxylation is 1. The summed E-state index contributed by atoms with van der Waals surface area (Å²) in [5.41, 5.74) is 8.51. The van der Waals surface area contributed by atoms with Crippen LogP contribution in [-0.2, 0) is 6.54 Å². The smallest absolute Gasteiger partial charge is 0.256 e. The summed E-state index contributed by atoms with van der Waals surface area (Å²) in [6.07, 6.45) is 5.87. The number of aromatic nitrogens is 1. The van der Waals surface area contributed by atoms with Crippen molar-refractivity contribution < 1.29 is 23.7 Å². The van der Waals surface area contributed by atoms with Crippen molar-refractivity contribution in [3.8, 4) is 45.3 Å². The molecule has 0 unspecified atom stereocenters. The van der Waals surface area contributed by atoms with Crippen LogP contribution in [0.1, 0.15) is 36.0 Å². The molecule has 1 aromatic heterocycles. The first kappa shape index (κ1) is 38.7. The molecule has 0 spiro atoms. The summed E-state index contributed by atoms with van der Waals surface area (Å²) in [6.45, 7) is 8.56. The lowest BCUT2D eigenvalue weighted by molar-refractivity contribution is 0.0774. The van der Waals surface area contributed by atoms with Gasteiger partial charge in [0.25, 0.3) is 5.91 Å². The molecule has 304 valence electrons. The molecule has 0 aliphatic carbocycles. The van der Waals surface area contributed by atoms with E-state index in [0.29, 0.717) is 29.4 Å². The minimum absolute atomic E-state index is 0.0234. The van der Waals surface area contributed by atoms with Crippen molar-refractivity contribution in [2.75, 3.05) is 73.7 Å². The first-order valence-corrected chi connectivity index (χ1v) is 21.0. The van der Waals surface area contributed by atoms with Gasteiger partial charge in [-0.05, 0) is 109 Å².